The van der Waals surface area contributed by atoms with Crippen LogP contribution in [-0.4, -0.2) is 37.7 Å². The predicted octanol–water partition coefficient (Wildman–Crippen LogP) is 2.42. The SMILES string of the molecule is CCCN1CCC[C@H]1c1nc([C@@H](C)n2ccnc2)no1. The highest BCUT2D eigenvalue weighted by molar-refractivity contribution is 5.01. The first kappa shape index (κ1) is 13.3. The van der Waals surface area contributed by atoms with Crippen molar-refractivity contribution >= 4 is 0 Å². The number of rotatable bonds is 5. The summed E-state index contributed by atoms with van der Waals surface area (Å²) in [6.45, 7) is 6.48. The lowest BCUT2D eigenvalue weighted by atomic mass is 10.2. The van der Waals surface area contributed by atoms with Crippen molar-refractivity contribution in [1.82, 2.24) is 24.6 Å². The fourth-order valence-electron chi connectivity index (χ4n) is 2.84. The molecule has 2 aromatic heterocycles. The van der Waals surface area contributed by atoms with Gasteiger partial charge in [-0.2, -0.15) is 4.98 Å². The molecule has 0 saturated carbocycles. The maximum absolute atomic E-state index is 5.51. The molecular formula is C14H21N5O. The normalized spacial score (nSPS) is 21.4. The van der Waals surface area contributed by atoms with Gasteiger partial charge in [-0.1, -0.05) is 12.1 Å². The van der Waals surface area contributed by atoms with E-state index >= 15 is 0 Å². The Morgan fingerprint density at radius 1 is 1.50 bits per heavy atom. The van der Waals surface area contributed by atoms with Gasteiger partial charge in [0.25, 0.3) is 0 Å². The lowest BCUT2D eigenvalue weighted by Crippen LogP contribution is -2.24. The van der Waals surface area contributed by atoms with E-state index in [0.717, 1.165) is 37.6 Å². The predicted molar refractivity (Wildman–Crippen MR) is 74.2 cm³/mol. The molecule has 0 aliphatic carbocycles. The van der Waals surface area contributed by atoms with Gasteiger partial charge in [-0.25, -0.2) is 4.98 Å². The van der Waals surface area contributed by atoms with Crippen molar-refractivity contribution in [3.8, 4) is 0 Å². The van der Waals surface area contributed by atoms with Gasteiger partial charge >= 0.3 is 0 Å². The highest BCUT2D eigenvalue weighted by Gasteiger charge is 2.30. The minimum Gasteiger partial charge on any atom is -0.338 e. The molecule has 0 aromatic carbocycles. The van der Waals surface area contributed by atoms with Gasteiger partial charge in [0.1, 0.15) is 0 Å². The van der Waals surface area contributed by atoms with E-state index in [2.05, 4.69) is 33.9 Å². The zero-order valence-corrected chi connectivity index (χ0v) is 12.1. The first-order valence-corrected chi connectivity index (χ1v) is 7.34. The van der Waals surface area contributed by atoms with Gasteiger partial charge in [0.2, 0.25) is 5.89 Å². The topological polar surface area (TPSA) is 60.0 Å². The van der Waals surface area contributed by atoms with Crippen molar-refractivity contribution in [3.05, 3.63) is 30.4 Å². The Labute approximate surface area is 118 Å². The van der Waals surface area contributed by atoms with Gasteiger partial charge in [-0.05, 0) is 39.3 Å². The number of imidazole rings is 1. The molecule has 6 nitrogen and oxygen atoms in total. The molecule has 6 heteroatoms. The van der Waals surface area contributed by atoms with E-state index in [1.165, 1.54) is 6.42 Å². The Hall–Kier alpha value is -1.69. The fraction of sp³-hybridized carbons (Fsp3) is 0.643. The van der Waals surface area contributed by atoms with E-state index in [9.17, 15) is 0 Å². The number of likely N-dealkylation sites (tertiary alicyclic amines) is 1. The summed E-state index contributed by atoms with van der Waals surface area (Å²) in [6, 6.07) is 0.349. The second kappa shape index (κ2) is 5.75. The lowest BCUT2D eigenvalue weighted by Gasteiger charge is -2.20. The van der Waals surface area contributed by atoms with Crippen LogP contribution in [0.1, 0.15) is 56.9 Å². The van der Waals surface area contributed by atoms with Gasteiger partial charge in [0, 0.05) is 12.4 Å². The summed E-state index contributed by atoms with van der Waals surface area (Å²) >= 11 is 0. The highest BCUT2D eigenvalue weighted by Crippen LogP contribution is 2.31. The summed E-state index contributed by atoms with van der Waals surface area (Å²) in [7, 11) is 0. The molecule has 2 aromatic rings. The van der Waals surface area contributed by atoms with E-state index in [1.54, 1.807) is 12.5 Å². The number of hydrogen-bond acceptors (Lipinski definition) is 5. The number of aromatic nitrogens is 4. The van der Waals surface area contributed by atoms with Gasteiger partial charge < -0.3 is 9.09 Å². The molecule has 0 unspecified atom stereocenters. The third-order valence-electron chi connectivity index (χ3n) is 3.96. The monoisotopic (exact) mass is 275 g/mol. The Bertz CT molecular complexity index is 536. The van der Waals surface area contributed by atoms with Crippen LogP contribution in [0.25, 0.3) is 0 Å². The van der Waals surface area contributed by atoms with Crippen LogP contribution in [0.4, 0.5) is 0 Å². The third kappa shape index (κ3) is 2.47. The summed E-state index contributed by atoms with van der Waals surface area (Å²) in [5.74, 6) is 1.49. The summed E-state index contributed by atoms with van der Waals surface area (Å²) in [5, 5.41) is 4.15. The number of nitrogens with zero attached hydrogens (tertiary/aromatic N) is 5. The molecule has 1 aliphatic rings. The zero-order chi connectivity index (χ0) is 13.9. The molecule has 1 fully saturated rings. The van der Waals surface area contributed by atoms with Crippen molar-refractivity contribution in [2.75, 3.05) is 13.1 Å². The molecule has 0 radical (unpaired) electrons. The zero-order valence-electron chi connectivity index (χ0n) is 12.1. The van der Waals surface area contributed by atoms with E-state index in [1.807, 2.05) is 10.8 Å². The van der Waals surface area contributed by atoms with Crippen LogP contribution in [0.3, 0.4) is 0 Å². The van der Waals surface area contributed by atoms with Gasteiger partial charge in [-0.3, -0.25) is 4.90 Å². The van der Waals surface area contributed by atoms with Crippen LogP contribution in [0.15, 0.2) is 23.2 Å². The maximum atomic E-state index is 5.51. The summed E-state index contributed by atoms with van der Waals surface area (Å²) in [4.78, 5) is 11.1. The average molecular weight is 275 g/mol. The molecule has 0 amide bonds. The smallest absolute Gasteiger partial charge is 0.244 e. The molecule has 3 rings (SSSR count). The Morgan fingerprint density at radius 3 is 3.15 bits per heavy atom. The van der Waals surface area contributed by atoms with Crippen LogP contribution in [0.2, 0.25) is 0 Å². The minimum absolute atomic E-state index is 0.0519. The first-order chi connectivity index (χ1) is 9.79. The first-order valence-electron chi connectivity index (χ1n) is 7.34. The van der Waals surface area contributed by atoms with E-state index in [0.29, 0.717) is 6.04 Å². The fourth-order valence-corrected chi connectivity index (χ4v) is 2.84. The van der Waals surface area contributed by atoms with Gasteiger partial charge in [-0.15, -0.1) is 0 Å². The van der Waals surface area contributed by atoms with Gasteiger partial charge in [0.05, 0.1) is 18.4 Å². The van der Waals surface area contributed by atoms with Gasteiger partial charge in [0.15, 0.2) is 5.82 Å². The van der Waals surface area contributed by atoms with Crippen LogP contribution < -0.4 is 0 Å². The quantitative estimate of drug-likeness (QED) is 0.838. The second-order valence-corrected chi connectivity index (χ2v) is 5.37. The van der Waals surface area contributed by atoms with E-state index in [4.69, 9.17) is 4.52 Å². The van der Waals surface area contributed by atoms with Crippen molar-refractivity contribution in [2.45, 2.75) is 45.2 Å². The lowest BCUT2D eigenvalue weighted by molar-refractivity contribution is 0.208. The Morgan fingerprint density at radius 2 is 2.40 bits per heavy atom. The molecule has 0 bridgehead atoms. The second-order valence-electron chi connectivity index (χ2n) is 5.37. The van der Waals surface area contributed by atoms with Crippen LogP contribution in [0, 0.1) is 0 Å². The molecule has 20 heavy (non-hydrogen) atoms. The molecule has 108 valence electrons. The largest absolute Gasteiger partial charge is 0.338 e. The third-order valence-corrected chi connectivity index (χ3v) is 3.96. The summed E-state index contributed by atoms with van der Waals surface area (Å²) < 4.78 is 7.49. The standard InChI is InChI=1S/C14H21N5O/c1-3-7-18-8-4-5-12(18)14-16-13(17-20-14)11(2)19-9-6-15-10-19/h6,9-12H,3-5,7-8H2,1-2H3/t11-,12+/m1/s1. The molecule has 3 heterocycles. The Kier molecular flexibility index (Phi) is 3.82. The summed E-state index contributed by atoms with van der Waals surface area (Å²) in [5.41, 5.74) is 0. The van der Waals surface area contributed by atoms with Crippen LogP contribution in [-0.2, 0) is 0 Å². The molecule has 0 N–H and O–H groups in total. The summed E-state index contributed by atoms with van der Waals surface area (Å²) in [6.07, 6.45) is 8.93. The van der Waals surface area contributed by atoms with Crippen molar-refractivity contribution in [2.24, 2.45) is 0 Å². The average Bonchev–Trinajstić information content (AvgIpc) is 3.19. The Balaban J connectivity index is 1.76. The van der Waals surface area contributed by atoms with Crippen LogP contribution >= 0.6 is 0 Å². The van der Waals surface area contributed by atoms with Crippen LogP contribution in [0.5, 0.6) is 0 Å². The van der Waals surface area contributed by atoms with E-state index in [-0.39, 0.29) is 6.04 Å². The van der Waals surface area contributed by atoms with E-state index < -0.39 is 0 Å². The molecule has 1 aliphatic heterocycles. The van der Waals surface area contributed by atoms with Crippen molar-refractivity contribution < 1.29 is 4.52 Å². The van der Waals surface area contributed by atoms with Crippen molar-refractivity contribution in [3.63, 3.8) is 0 Å². The maximum Gasteiger partial charge on any atom is 0.244 e. The molecule has 1 saturated heterocycles. The molecule has 0 spiro atoms. The molecule has 2 atom stereocenters. The molecular weight excluding hydrogens is 254 g/mol. The number of hydrogen-bond donors (Lipinski definition) is 0. The highest BCUT2D eigenvalue weighted by atomic mass is 16.5. The minimum atomic E-state index is 0.0519. The van der Waals surface area contributed by atoms with Crippen molar-refractivity contribution in [1.29, 1.82) is 0 Å².